The second kappa shape index (κ2) is 8.02. The molecule has 0 heterocycles. The summed E-state index contributed by atoms with van der Waals surface area (Å²) in [6.45, 7) is 0. The van der Waals surface area contributed by atoms with Gasteiger partial charge in [-0.15, -0.1) is 0 Å². The van der Waals surface area contributed by atoms with Crippen molar-refractivity contribution in [2.75, 3.05) is 0 Å². The molecule has 0 atom stereocenters. The summed E-state index contributed by atoms with van der Waals surface area (Å²) < 4.78 is 0. The van der Waals surface area contributed by atoms with Crippen molar-refractivity contribution in [3.63, 3.8) is 0 Å². The first-order valence-corrected chi connectivity index (χ1v) is 13.0. The van der Waals surface area contributed by atoms with Crippen LogP contribution in [0, 0.1) is 10.1 Å². The molecule has 3 nitrogen and oxygen atoms in total. The van der Waals surface area contributed by atoms with Gasteiger partial charge in [-0.25, -0.2) is 0 Å². The van der Waals surface area contributed by atoms with E-state index >= 15 is 0 Å². The van der Waals surface area contributed by atoms with Crippen molar-refractivity contribution in [2.45, 2.75) is 6.16 Å². The maximum atomic E-state index is 11.8. The van der Waals surface area contributed by atoms with Crippen LogP contribution in [0.15, 0.2) is 115 Å². The quantitative estimate of drug-likeness (QED) is 0.220. The van der Waals surface area contributed by atoms with Crippen molar-refractivity contribution in [2.24, 2.45) is 0 Å². The van der Waals surface area contributed by atoms with E-state index in [4.69, 9.17) is 11.2 Å². The number of hydrogen-bond donors (Lipinski definition) is 0. The second-order valence-electron chi connectivity index (χ2n) is 7.23. The Hall–Kier alpha value is -3.00. The molecule has 0 aliphatic carbocycles. The van der Waals surface area contributed by atoms with Gasteiger partial charge in [-0.1, -0.05) is 0 Å². The number of rotatable bonds is 6. The molecule has 0 saturated heterocycles. The summed E-state index contributed by atoms with van der Waals surface area (Å²) in [7, 11) is 0. The molecule has 0 saturated carbocycles. The van der Waals surface area contributed by atoms with E-state index in [1.165, 1.54) is 0 Å². The Balaban J connectivity index is 2.11. The Kier molecular flexibility index (Phi) is 5.42. The van der Waals surface area contributed by atoms with E-state index in [2.05, 4.69) is 0 Å². The predicted octanol–water partition coefficient (Wildman–Crippen LogP) is 5.78. The fourth-order valence-electron chi connectivity index (χ4n) is 4.08. The number of halogens is 1. The zero-order valence-electron chi connectivity index (χ0n) is 16.3. The van der Waals surface area contributed by atoms with Gasteiger partial charge < -0.3 is 0 Å². The van der Waals surface area contributed by atoms with Gasteiger partial charge >= 0.3 is 181 Å². The second-order valence-corrected chi connectivity index (χ2v) is 13.7. The monoisotopic (exact) mass is 433 g/mol. The van der Waals surface area contributed by atoms with Crippen LogP contribution in [0.25, 0.3) is 0 Å². The standard InChI is InChI=1S/C25H21ClNO2P/c26-30(22-13-4-1-5-14-22,23-15-6-2-7-16-23,24-17-8-3-9-18-24)20-21-12-10-11-19-25(21)27(28)29/h1-19H,20H2. The summed E-state index contributed by atoms with van der Waals surface area (Å²) in [4.78, 5) is 11.5. The first kappa shape index (κ1) is 20.3. The molecule has 0 fully saturated rings. The molecule has 4 aromatic rings. The van der Waals surface area contributed by atoms with Crippen LogP contribution < -0.4 is 15.9 Å². The molecule has 150 valence electrons. The summed E-state index contributed by atoms with van der Waals surface area (Å²) in [6, 6.07) is 36.9. The molecule has 0 aliphatic heterocycles. The summed E-state index contributed by atoms with van der Waals surface area (Å²) >= 11 is 7.99. The van der Waals surface area contributed by atoms with Crippen molar-refractivity contribution >= 4 is 38.8 Å². The van der Waals surface area contributed by atoms with E-state index < -0.39 is 5.96 Å². The molecule has 30 heavy (non-hydrogen) atoms. The van der Waals surface area contributed by atoms with Crippen molar-refractivity contribution in [1.29, 1.82) is 0 Å². The summed E-state index contributed by atoms with van der Waals surface area (Å²) in [6.07, 6.45) is 0.350. The summed E-state index contributed by atoms with van der Waals surface area (Å²) in [5.41, 5.74) is 0.724. The van der Waals surface area contributed by atoms with Crippen LogP contribution in [-0.4, -0.2) is 4.92 Å². The van der Waals surface area contributed by atoms with Gasteiger partial charge in [-0.3, -0.25) is 0 Å². The third kappa shape index (κ3) is 3.31. The Morgan fingerprint density at radius 2 is 1.00 bits per heavy atom. The Morgan fingerprint density at radius 3 is 1.40 bits per heavy atom. The van der Waals surface area contributed by atoms with Crippen molar-refractivity contribution in [3.05, 3.63) is 131 Å². The van der Waals surface area contributed by atoms with Gasteiger partial charge in [0.15, 0.2) is 0 Å². The normalized spacial score (nSPS) is 12.6. The molecule has 0 radical (unpaired) electrons. The molecule has 4 rings (SSSR count). The van der Waals surface area contributed by atoms with Gasteiger partial charge in [-0.2, -0.15) is 0 Å². The molecule has 5 heteroatoms. The van der Waals surface area contributed by atoms with Gasteiger partial charge in [-0.05, 0) is 0 Å². The third-order valence-corrected chi connectivity index (χ3v) is 12.7. The number of para-hydroxylation sites is 1. The first-order chi connectivity index (χ1) is 14.5. The number of nitro groups is 1. The minimum atomic E-state index is -3.59. The Bertz CT molecular complexity index is 1070. The third-order valence-electron chi connectivity index (χ3n) is 5.54. The average molecular weight is 434 g/mol. The zero-order chi connectivity index (χ0) is 21.1. The number of hydrogen-bond acceptors (Lipinski definition) is 2. The molecule has 0 aromatic heterocycles. The fourth-order valence-corrected chi connectivity index (χ4v) is 10.2. The minimum absolute atomic E-state index is 0.0925. The molecular formula is C25H21ClNO2P. The van der Waals surface area contributed by atoms with Gasteiger partial charge in [0, 0.05) is 0 Å². The van der Waals surface area contributed by atoms with Crippen LogP contribution >= 0.6 is 17.2 Å². The number of benzene rings is 4. The van der Waals surface area contributed by atoms with E-state index in [9.17, 15) is 10.1 Å². The van der Waals surface area contributed by atoms with Crippen LogP contribution in [0.1, 0.15) is 5.56 Å². The Morgan fingerprint density at radius 1 is 0.633 bits per heavy atom. The molecular weight excluding hydrogens is 413 g/mol. The van der Waals surface area contributed by atoms with Gasteiger partial charge in [0.25, 0.3) is 0 Å². The number of nitrogens with zero attached hydrogens (tertiary/aromatic N) is 1. The van der Waals surface area contributed by atoms with E-state index in [0.717, 1.165) is 15.9 Å². The van der Waals surface area contributed by atoms with Crippen molar-refractivity contribution < 1.29 is 4.92 Å². The van der Waals surface area contributed by atoms with E-state index in [-0.39, 0.29) is 10.6 Å². The molecule has 0 amide bonds. The maximum absolute atomic E-state index is 11.8. The summed E-state index contributed by atoms with van der Waals surface area (Å²) in [5.74, 6) is -3.59. The van der Waals surface area contributed by atoms with E-state index in [1.807, 2.05) is 103 Å². The van der Waals surface area contributed by atoms with Gasteiger partial charge in [0.05, 0.1) is 0 Å². The van der Waals surface area contributed by atoms with Crippen LogP contribution in [0.2, 0.25) is 0 Å². The molecule has 0 N–H and O–H groups in total. The zero-order valence-corrected chi connectivity index (χ0v) is 17.9. The topological polar surface area (TPSA) is 43.1 Å². The predicted molar refractivity (Wildman–Crippen MR) is 128 cm³/mol. The first-order valence-electron chi connectivity index (χ1n) is 9.66. The molecule has 0 aliphatic rings. The van der Waals surface area contributed by atoms with Crippen molar-refractivity contribution in [1.82, 2.24) is 0 Å². The SMILES string of the molecule is O=[N+]([O-])c1ccccc1CP(Cl)(c1ccccc1)(c1ccccc1)c1ccccc1. The summed E-state index contributed by atoms with van der Waals surface area (Å²) in [5, 5.41) is 14.8. The average Bonchev–Trinajstić information content (AvgIpc) is 2.81. The van der Waals surface area contributed by atoms with E-state index in [0.29, 0.717) is 11.7 Å². The van der Waals surface area contributed by atoms with Crippen LogP contribution in [-0.2, 0) is 6.16 Å². The van der Waals surface area contributed by atoms with Gasteiger partial charge in [0.1, 0.15) is 0 Å². The molecule has 0 spiro atoms. The number of nitro benzene ring substituents is 1. The van der Waals surface area contributed by atoms with E-state index in [1.54, 1.807) is 12.1 Å². The van der Waals surface area contributed by atoms with Gasteiger partial charge in [0.2, 0.25) is 0 Å². The van der Waals surface area contributed by atoms with Crippen LogP contribution in [0.4, 0.5) is 5.69 Å². The Labute approximate surface area is 180 Å². The molecule has 0 unspecified atom stereocenters. The fraction of sp³-hybridized carbons (Fsp3) is 0.0400. The molecule has 0 bridgehead atoms. The van der Waals surface area contributed by atoms with Crippen molar-refractivity contribution in [3.8, 4) is 0 Å². The molecule has 4 aromatic carbocycles. The van der Waals surface area contributed by atoms with Crippen LogP contribution in [0.3, 0.4) is 0 Å². The van der Waals surface area contributed by atoms with Crippen LogP contribution in [0.5, 0.6) is 0 Å².